The van der Waals surface area contributed by atoms with Crippen LogP contribution < -0.4 is 4.90 Å². The number of alkyl halides is 3. The molecule has 6 nitrogen and oxygen atoms in total. The summed E-state index contributed by atoms with van der Waals surface area (Å²) in [5.74, 6) is -3.63. The molecule has 0 saturated heterocycles. The van der Waals surface area contributed by atoms with Crippen LogP contribution in [-0.4, -0.2) is 40.0 Å². The van der Waals surface area contributed by atoms with E-state index in [4.69, 9.17) is 5.11 Å². The van der Waals surface area contributed by atoms with Crippen molar-refractivity contribution in [3.63, 3.8) is 0 Å². The third-order valence-electron chi connectivity index (χ3n) is 2.03. The van der Waals surface area contributed by atoms with E-state index in [9.17, 15) is 22.8 Å². The van der Waals surface area contributed by atoms with Crippen molar-refractivity contribution >= 4 is 17.6 Å². The first-order valence-electron chi connectivity index (χ1n) is 4.26. The van der Waals surface area contributed by atoms with Crippen LogP contribution in [0.2, 0.25) is 0 Å². The molecule has 0 radical (unpaired) electrons. The monoisotopic (exact) mass is 251 g/mol. The average Bonchev–Trinajstić information content (AvgIpc) is 2.56. The Morgan fingerprint density at radius 3 is 2.41 bits per heavy atom. The fourth-order valence-corrected chi connectivity index (χ4v) is 1.22. The summed E-state index contributed by atoms with van der Waals surface area (Å²) in [5, 5.41) is 12.3. The first-order chi connectivity index (χ1) is 7.66. The molecular weight excluding hydrogens is 243 g/mol. The number of aryl methyl sites for hydroxylation is 1. The third-order valence-corrected chi connectivity index (χ3v) is 2.03. The van der Waals surface area contributed by atoms with E-state index in [1.165, 1.54) is 7.05 Å². The lowest BCUT2D eigenvalue weighted by molar-refractivity contribution is -0.170. The molecule has 0 aliphatic carbocycles. The number of aromatic carboxylic acids is 1. The number of carboxylic acid groups (broad SMARTS) is 1. The molecule has 0 unspecified atom stereocenters. The second-order valence-corrected chi connectivity index (χ2v) is 3.17. The van der Waals surface area contributed by atoms with Crippen molar-refractivity contribution in [2.24, 2.45) is 7.05 Å². The van der Waals surface area contributed by atoms with Crippen LogP contribution >= 0.6 is 0 Å². The summed E-state index contributed by atoms with van der Waals surface area (Å²) >= 11 is 0. The van der Waals surface area contributed by atoms with E-state index in [0.717, 1.165) is 17.9 Å². The van der Waals surface area contributed by atoms with Crippen molar-refractivity contribution in [2.75, 3.05) is 11.9 Å². The van der Waals surface area contributed by atoms with Crippen LogP contribution in [0.1, 0.15) is 10.5 Å². The van der Waals surface area contributed by atoms with Crippen molar-refractivity contribution in [1.82, 2.24) is 9.78 Å². The Balaban J connectivity index is 3.18. The SMILES string of the molecule is CN(C(=O)C(F)(F)F)c1cnn(C)c1C(=O)O. The molecule has 0 aliphatic heterocycles. The number of carbonyl (C=O) groups is 2. The van der Waals surface area contributed by atoms with Gasteiger partial charge in [-0.3, -0.25) is 9.48 Å². The smallest absolute Gasteiger partial charge is 0.471 e. The van der Waals surface area contributed by atoms with Crippen molar-refractivity contribution in [3.05, 3.63) is 11.9 Å². The van der Waals surface area contributed by atoms with Crippen LogP contribution in [0.3, 0.4) is 0 Å². The summed E-state index contributed by atoms with van der Waals surface area (Å²) in [5.41, 5.74) is -0.910. The fraction of sp³-hybridized carbons (Fsp3) is 0.375. The molecule has 0 aliphatic rings. The van der Waals surface area contributed by atoms with Crippen molar-refractivity contribution in [1.29, 1.82) is 0 Å². The van der Waals surface area contributed by atoms with Gasteiger partial charge in [-0.25, -0.2) is 4.79 Å². The molecule has 0 saturated carbocycles. The van der Waals surface area contributed by atoms with Crippen LogP contribution in [-0.2, 0) is 11.8 Å². The van der Waals surface area contributed by atoms with E-state index >= 15 is 0 Å². The number of aromatic nitrogens is 2. The average molecular weight is 251 g/mol. The lowest BCUT2D eigenvalue weighted by atomic mass is 10.3. The summed E-state index contributed by atoms with van der Waals surface area (Å²) in [7, 11) is 2.08. The van der Waals surface area contributed by atoms with Gasteiger partial charge in [-0.15, -0.1) is 0 Å². The van der Waals surface area contributed by atoms with E-state index in [1.54, 1.807) is 0 Å². The maximum Gasteiger partial charge on any atom is 0.471 e. The number of rotatable bonds is 2. The minimum absolute atomic E-state index is 0.205. The minimum atomic E-state index is -5.07. The van der Waals surface area contributed by atoms with Gasteiger partial charge in [0.25, 0.3) is 0 Å². The van der Waals surface area contributed by atoms with Gasteiger partial charge in [0.05, 0.1) is 11.9 Å². The predicted molar refractivity (Wildman–Crippen MR) is 49.6 cm³/mol. The highest BCUT2D eigenvalue weighted by Gasteiger charge is 2.43. The highest BCUT2D eigenvalue weighted by Crippen LogP contribution is 2.24. The summed E-state index contributed by atoms with van der Waals surface area (Å²) in [6, 6.07) is 0. The molecule has 0 atom stereocenters. The summed E-state index contributed by atoms with van der Waals surface area (Å²) in [6.45, 7) is 0. The highest BCUT2D eigenvalue weighted by atomic mass is 19.4. The largest absolute Gasteiger partial charge is 0.476 e. The second kappa shape index (κ2) is 4.07. The Labute approximate surface area is 93.2 Å². The van der Waals surface area contributed by atoms with Gasteiger partial charge < -0.3 is 10.0 Å². The maximum absolute atomic E-state index is 12.2. The van der Waals surface area contributed by atoms with E-state index in [1.807, 2.05) is 0 Å². The van der Waals surface area contributed by atoms with Crippen LogP contribution in [0.4, 0.5) is 18.9 Å². The van der Waals surface area contributed by atoms with Crippen LogP contribution in [0.15, 0.2) is 6.20 Å². The number of anilines is 1. The lowest BCUT2D eigenvalue weighted by Gasteiger charge is -2.17. The molecule has 1 amide bonds. The van der Waals surface area contributed by atoms with E-state index in [0.29, 0.717) is 0 Å². The number of carboxylic acids is 1. The molecule has 1 aromatic heterocycles. The molecule has 1 heterocycles. The van der Waals surface area contributed by atoms with Gasteiger partial charge in [-0.1, -0.05) is 0 Å². The molecule has 1 N–H and O–H groups in total. The van der Waals surface area contributed by atoms with Gasteiger partial charge in [0.2, 0.25) is 0 Å². The van der Waals surface area contributed by atoms with Gasteiger partial charge in [0, 0.05) is 14.1 Å². The molecule has 0 spiro atoms. The molecule has 1 aromatic rings. The zero-order valence-electron chi connectivity index (χ0n) is 8.82. The van der Waals surface area contributed by atoms with Crippen molar-refractivity contribution in [2.45, 2.75) is 6.18 Å². The Morgan fingerprint density at radius 1 is 1.47 bits per heavy atom. The quantitative estimate of drug-likeness (QED) is 0.837. The zero-order chi connectivity index (χ0) is 13.4. The van der Waals surface area contributed by atoms with E-state index in [-0.39, 0.29) is 4.90 Å². The highest BCUT2D eigenvalue weighted by molar-refractivity contribution is 6.02. The van der Waals surface area contributed by atoms with Gasteiger partial charge >= 0.3 is 18.1 Å². The van der Waals surface area contributed by atoms with Gasteiger partial charge in [0.15, 0.2) is 5.69 Å². The Morgan fingerprint density at radius 2 is 2.00 bits per heavy atom. The minimum Gasteiger partial charge on any atom is -0.476 e. The Bertz CT molecular complexity index is 466. The number of amides is 1. The second-order valence-electron chi connectivity index (χ2n) is 3.17. The number of hydrogen-bond donors (Lipinski definition) is 1. The first-order valence-corrected chi connectivity index (χ1v) is 4.26. The van der Waals surface area contributed by atoms with Crippen molar-refractivity contribution in [3.8, 4) is 0 Å². The third kappa shape index (κ3) is 2.37. The summed E-state index contributed by atoms with van der Waals surface area (Å²) < 4.78 is 37.3. The molecular formula is C8H8F3N3O3. The Hall–Kier alpha value is -2.06. The van der Waals surface area contributed by atoms with E-state index < -0.39 is 29.4 Å². The van der Waals surface area contributed by atoms with Crippen LogP contribution in [0.25, 0.3) is 0 Å². The van der Waals surface area contributed by atoms with E-state index in [2.05, 4.69) is 5.10 Å². The Kier molecular flexibility index (Phi) is 3.12. The molecule has 17 heavy (non-hydrogen) atoms. The molecule has 1 rings (SSSR count). The molecule has 9 heteroatoms. The predicted octanol–water partition coefficient (Wildman–Crippen LogP) is 0.643. The van der Waals surface area contributed by atoms with Gasteiger partial charge in [-0.05, 0) is 0 Å². The summed E-state index contributed by atoms with van der Waals surface area (Å²) in [4.78, 5) is 21.9. The standard InChI is InChI=1S/C8H8F3N3O3/c1-13(7(17)8(9,10)11)4-3-12-14(2)5(4)6(15)16/h3H,1-2H3,(H,15,16). The number of carbonyl (C=O) groups excluding carboxylic acids is 1. The molecule has 0 aromatic carbocycles. The molecule has 0 bridgehead atoms. The van der Waals surface area contributed by atoms with Crippen LogP contribution in [0, 0.1) is 0 Å². The van der Waals surface area contributed by atoms with Crippen LogP contribution in [0.5, 0.6) is 0 Å². The normalized spacial score (nSPS) is 11.4. The maximum atomic E-state index is 12.2. The number of hydrogen-bond acceptors (Lipinski definition) is 3. The van der Waals surface area contributed by atoms with Crippen molar-refractivity contribution < 1.29 is 27.9 Å². The van der Waals surface area contributed by atoms with Gasteiger partial charge in [-0.2, -0.15) is 18.3 Å². The molecule has 0 fully saturated rings. The number of nitrogens with zero attached hydrogens (tertiary/aromatic N) is 3. The lowest BCUT2D eigenvalue weighted by Crippen LogP contribution is -2.39. The fourth-order valence-electron chi connectivity index (χ4n) is 1.22. The zero-order valence-corrected chi connectivity index (χ0v) is 8.82. The topological polar surface area (TPSA) is 75.4 Å². The van der Waals surface area contributed by atoms with Gasteiger partial charge in [0.1, 0.15) is 0 Å². The summed E-state index contributed by atoms with van der Waals surface area (Å²) in [6.07, 6.45) is -4.19. The first kappa shape index (κ1) is 13.0. The molecule has 94 valence electrons. The number of halogens is 3.